The van der Waals surface area contributed by atoms with Gasteiger partial charge in [-0.3, -0.25) is 9.88 Å². The fourth-order valence-corrected chi connectivity index (χ4v) is 3.99. The minimum absolute atomic E-state index is 0.300. The van der Waals surface area contributed by atoms with Crippen LogP contribution in [0.25, 0.3) is 22.4 Å². The van der Waals surface area contributed by atoms with E-state index in [0.29, 0.717) is 11.8 Å². The predicted octanol–water partition coefficient (Wildman–Crippen LogP) is 4.07. The third-order valence-corrected chi connectivity index (χ3v) is 5.65. The van der Waals surface area contributed by atoms with Crippen LogP contribution in [-0.4, -0.2) is 45.3 Å². The summed E-state index contributed by atoms with van der Waals surface area (Å²) in [7, 11) is 1.69. The zero-order valence-corrected chi connectivity index (χ0v) is 16.9. The number of para-hydroxylation sites is 1. The first-order chi connectivity index (χ1) is 14.8. The van der Waals surface area contributed by atoms with Crippen molar-refractivity contribution in [2.45, 2.75) is 25.3 Å². The Hall–Kier alpha value is -3.32. The van der Waals surface area contributed by atoms with E-state index in [1.54, 1.807) is 19.5 Å². The van der Waals surface area contributed by atoms with Crippen molar-refractivity contribution >= 4 is 10.9 Å². The van der Waals surface area contributed by atoms with E-state index in [1.807, 2.05) is 24.3 Å². The summed E-state index contributed by atoms with van der Waals surface area (Å²) in [5, 5.41) is 9.61. The first kappa shape index (κ1) is 18.7. The maximum atomic E-state index is 5.94. The molecule has 0 bridgehead atoms. The van der Waals surface area contributed by atoms with E-state index in [9.17, 15) is 0 Å². The number of benzene rings is 1. The highest BCUT2D eigenvalue weighted by atomic mass is 16.5. The number of methoxy groups -OCH3 is 1. The zero-order chi connectivity index (χ0) is 20.3. The topological polar surface area (TPSA) is 77.2 Å². The van der Waals surface area contributed by atoms with Crippen LogP contribution in [0.3, 0.4) is 0 Å². The quantitative estimate of drug-likeness (QED) is 0.499. The van der Waals surface area contributed by atoms with Gasteiger partial charge in [0.2, 0.25) is 11.8 Å². The average molecular weight is 401 g/mol. The summed E-state index contributed by atoms with van der Waals surface area (Å²) in [6.07, 6.45) is 5.45. The normalized spacial score (nSPS) is 15.5. The first-order valence-electron chi connectivity index (χ1n) is 10.2. The van der Waals surface area contributed by atoms with Gasteiger partial charge in [0.25, 0.3) is 0 Å². The summed E-state index contributed by atoms with van der Waals surface area (Å²) in [6, 6.07) is 14.0. The Morgan fingerprint density at radius 3 is 2.67 bits per heavy atom. The van der Waals surface area contributed by atoms with Crippen LogP contribution < -0.4 is 4.74 Å². The maximum Gasteiger partial charge on any atom is 0.247 e. The number of likely N-dealkylation sites (tertiary alicyclic amines) is 1. The Labute approximate surface area is 174 Å². The Balaban J connectivity index is 1.23. The SMILES string of the molecule is COc1cccc2ccc(CN3CCC(c4nnc(-c5ccncc5)o4)CC3)nc12. The standard InChI is InChI=1S/C23H23N5O2/c1-29-20-4-2-3-16-5-6-19(25-21(16)20)15-28-13-9-18(10-14-28)23-27-26-22(30-23)17-7-11-24-12-8-17/h2-8,11-12,18H,9-10,13-15H2,1H3. The molecule has 1 fully saturated rings. The predicted molar refractivity (Wildman–Crippen MR) is 113 cm³/mol. The molecular weight excluding hydrogens is 378 g/mol. The van der Waals surface area contributed by atoms with Crippen molar-refractivity contribution in [2.75, 3.05) is 20.2 Å². The minimum Gasteiger partial charge on any atom is -0.494 e. The number of hydrogen-bond acceptors (Lipinski definition) is 7. The molecule has 1 aliphatic heterocycles. The van der Waals surface area contributed by atoms with E-state index in [-0.39, 0.29) is 0 Å². The van der Waals surface area contributed by atoms with Crippen LogP contribution in [0.1, 0.15) is 30.3 Å². The van der Waals surface area contributed by atoms with Gasteiger partial charge >= 0.3 is 0 Å². The fourth-order valence-electron chi connectivity index (χ4n) is 3.99. The highest BCUT2D eigenvalue weighted by Crippen LogP contribution is 2.30. The van der Waals surface area contributed by atoms with E-state index >= 15 is 0 Å². The summed E-state index contributed by atoms with van der Waals surface area (Å²) in [5.41, 5.74) is 2.88. The van der Waals surface area contributed by atoms with Crippen LogP contribution in [0.15, 0.2) is 59.3 Å². The summed E-state index contributed by atoms with van der Waals surface area (Å²) in [5.74, 6) is 2.41. The van der Waals surface area contributed by atoms with Gasteiger partial charge in [0.15, 0.2) is 0 Å². The Morgan fingerprint density at radius 1 is 1.03 bits per heavy atom. The smallest absolute Gasteiger partial charge is 0.247 e. The molecule has 1 saturated heterocycles. The van der Waals surface area contributed by atoms with Crippen LogP contribution >= 0.6 is 0 Å². The average Bonchev–Trinajstić information content (AvgIpc) is 3.30. The molecule has 4 aromatic rings. The summed E-state index contributed by atoms with van der Waals surface area (Å²) in [4.78, 5) is 11.3. The Morgan fingerprint density at radius 2 is 1.87 bits per heavy atom. The number of nitrogens with zero attached hydrogens (tertiary/aromatic N) is 5. The molecule has 30 heavy (non-hydrogen) atoms. The molecule has 0 saturated carbocycles. The molecule has 0 radical (unpaired) electrons. The molecule has 0 amide bonds. The van der Waals surface area contributed by atoms with E-state index in [4.69, 9.17) is 14.1 Å². The van der Waals surface area contributed by atoms with Crippen LogP contribution in [0, 0.1) is 0 Å². The second kappa shape index (κ2) is 8.20. The summed E-state index contributed by atoms with van der Waals surface area (Å²) in [6.45, 7) is 2.78. The molecule has 5 rings (SSSR count). The monoisotopic (exact) mass is 401 g/mol. The van der Waals surface area contributed by atoms with Gasteiger partial charge in [0.1, 0.15) is 11.3 Å². The molecule has 0 unspecified atom stereocenters. The van der Waals surface area contributed by atoms with Crippen molar-refractivity contribution in [3.63, 3.8) is 0 Å². The molecule has 7 heteroatoms. The van der Waals surface area contributed by atoms with E-state index in [2.05, 4.69) is 38.3 Å². The minimum atomic E-state index is 0.300. The molecule has 4 heterocycles. The molecule has 3 aromatic heterocycles. The molecule has 152 valence electrons. The van der Waals surface area contributed by atoms with Crippen molar-refractivity contribution in [3.8, 4) is 17.2 Å². The van der Waals surface area contributed by atoms with Gasteiger partial charge in [-0.05, 0) is 50.2 Å². The second-order valence-corrected chi connectivity index (χ2v) is 7.57. The third-order valence-electron chi connectivity index (χ3n) is 5.65. The molecule has 0 atom stereocenters. The van der Waals surface area contributed by atoms with Crippen LogP contribution in [0.4, 0.5) is 0 Å². The summed E-state index contributed by atoms with van der Waals surface area (Å²) < 4.78 is 11.4. The van der Waals surface area contributed by atoms with E-state index in [1.165, 1.54) is 0 Å². The number of ether oxygens (including phenoxy) is 1. The second-order valence-electron chi connectivity index (χ2n) is 7.57. The van der Waals surface area contributed by atoms with Gasteiger partial charge in [-0.2, -0.15) is 0 Å². The molecule has 1 aliphatic rings. The number of piperidine rings is 1. The van der Waals surface area contributed by atoms with Crippen molar-refractivity contribution in [2.24, 2.45) is 0 Å². The Kier molecular flexibility index (Phi) is 5.11. The molecule has 0 N–H and O–H groups in total. The lowest BCUT2D eigenvalue weighted by Gasteiger charge is -2.30. The number of aromatic nitrogens is 4. The molecular formula is C23H23N5O2. The van der Waals surface area contributed by atoms with Gasteiger partial charge in [0.05, 0.1) is 12.8 Å². The lowest BCUT2D eigenvalue weighted by molar-refractivity contribution is 0.191. The maximum absolute atomic E-state index is 5.94. The van der Waals surface area contributed by atoms with Crippen LogP contribution in [-0.2, 0) is 6.54 Å². The number of pyridine rings is 2. The number of rotatable bonds is 5. The van der Waals surface area contributed by atoms with Gasteiger partial charge in [-0.15, -0.1) is 10.2 Å². The van der Waals surface area contributed by atoms with Gasteiger partial charge in [-0.1, -0.05) is 18.2 Å². The lowest BCUT2D eigenvalue weighted by atomic mass is 9.96. The fraction of sp³-hybridized carbons (Fsp3) is 0.304. The number of hydrogen-bond donors (Lipinski definition) is 0. The van der Waals surface area contributed by atoms with Crippen LogP contribution in [0.2, 0.25) is 0 Å². The van der Waals surface area contributed by atoms with E-state index < -0.39 is 0 Å². The highest BCUT2D eigenvalue weighted by Gasteiger charge is 2.25. The largest absolute Gasteiger partial charge is 0.494 e. The third kappa shape index (κ3) is 3.76. The van der Waals surface area contributed by atoms with Crippen molar-refractivity contribution in [1.82, 2.24) is 25.1 Å². The lowest BCUT2D eigenvalue weighted by Crippen LogP contribution is -2.32. The molecule has 0 spiro atoms. The first-order valence-corrected chi connectivity index (χ1v) is 10.2. The van der Waals surface area contributed by atoms with Crippen molar-refractivity contribution in [3.05, 3.63) is 66.4 Å². The molecule has 7 nitrogen and oxygen atoms in total. The van der Waals surface area contributed by atoms with Gasteiger partial charge < -0.3 is 9.15 Å². The molecule has 0 aliphatic carbocycles. The van der Waals surface area contributed by atoms with Crippen LogP contribution in [0.5, 0.6) is 5.75 Å². The van der Waals surface area contributed by atoms with Gasteiger partial charge in [0, 0.05) is 35.8 Å². The van der Waals surface area contributed by atoms with Gasteiger partial charge in [-0.25, -0.2) is 4.98 Å². The Bertz CT molecular complexity index is 1140. The van der Waals surface area contributed by atoms with Crippen molar-refractivity contribution < 1.29 is 9.15 Å². The van der Waals surface area contributed by atoms with Crippen molar-refractivity contribution in [1.29, 1.82) is 0 Å². The zero-order valence-electron chi connectivity index (χ0n) is 16.9. The summed E-state index contributed by atoms with van der Waals surface area (Å²) >= 11 is 0. The highest BCUT2D eigenvalue weighted by molar-refractivity contribution is 5.84. The number of fused-ring (bicyclic) bond motifs is 1. The van der Waals surface area contributed by atoms with E-state index in [0.717, 1.165) is 66.3 Å². The molecule has 1 aromatic carbocycles.